The molecule has 1 aromatic heterocycles. The summed E-state index contributed by atoms with van der Waals surface area (Å²) in [5, 5.41) is 0. The Labute approximate surface area is 189 Å². The van der Waals surface area contributed by atoms with Gasteiger partial charge in [-0.1, -0.05) is 6.42 Å². The number of ether oxygens (including phenoxy) is 1. The molecule has 4 rings (SSSR count). The van der Waals surface area contributed by atoms with Crippen molar-refractivity contribution in [2.75, 3.05) is 26.2 Å². The quantitative estimate of drug-likeness (QED) is 0.684. The number of piperidine rings is 2. The molecule has 0 radical (unpaired) electrons. The summed E-state index contributed by atoms with van der Waals surface area (Å²) in [6.07, 6.45) is 4.30. The van der Waals surface area contributed by atoms with Crippen LogP contribution in [-0.2, 0) is 10.0 Å². The minimum Gasteiger partial charge on any atom is -0.474 e. The third-order valence-corrected chi connectivity index (χ3v) is 7.93. The molecule has 2 aliphatic heterocycles. The first-order valence-electron chi connectivity index (χ1n) is 11.2. The summed E-state index contributed by atoms with van der Waals surface area (Å²) in [7, 11) is -3.49. The molecule has 0 atom stereocenters. The SMILES string of the molecule is Cc1cc(OC2CCN(C(=O)c3ccc(S(=O)(=O)N4CCCCC4)cc3)CC2)nc(C)n1. The molecule has 9 heteroatoms. The molecular weight excluding hydrogens is 428 g/mol. The van der Waals surface area contributed by atoms with Crippen molar-refractivity contribution in [1.29, 1.82) is 0 Å². The predicted octanol–water partition coefficient (Wildman–Crippen LogP) is 2.95. The molecule has 0 N–H and O–H groups in total. The van der Waals surface area contributed by atoms with Gasteiger partial charge in [0, 0.05) is 56.3 Å². The summed E-state index contributed by atoms with van der Waals surface area (Å²) in [4.78, 5) is 23.6. The number of nitrogens with zero attached hydrogens (tertiary/aromatic N) is 4. The Morgan fingerprint density at radius 2 is 1.62 bits per heavy atom. The largest absolute Gasteiger partial charge is 0.474 e. The molecule has 0 aliphatic carbocycles. The lowest BCUT2D eigenvalue weighted by atomic mass is 10.1. The normalized spacial score (nSPS) is 18.5. The monoisotopic (exact) mass is 458 g/mol. The molecule has 2 saturated heterocycles. The van der Waals surface area contributed by atoms with E-state index in [1.807, 2.05) is 19.9 Å². The zero-order chi connectivity index (χ0) is 22.7. The number of rotatable bonds is 5. The van der Waals surface area contributed by atoms with E-state index in [4.69, 9.17) is 4.74 Å². The van der Waals surface area contributed by atoms with Gasteiger partial charge in [0.05, 0.1) is 4.90 Å². The number of sulfonamides is 1. The van der Waals surface area contributed by atoms with Crippen molar-refractivity contribution in [3.8, 4) is 5.88 Å². The molecule has 2 aliphatic rings. The van der Waals surface area contributed by atoms with Gasteiger partial charge in [0.2, 0.25) is 15.9 Å². The average Bonchev–Trinajstić information content (AvgIpc) is 2.79. The maximum absolute atomic E-state index is 12.9. The van der Waals surface area contributed by atoms with Crippen LogP contribution in [-0.4, -0.2) is 65.8 Å². The van der Waals surface area contributed by atoms with Gasteiger partial charge in [-0.3, -0.25) is 4.79 Å². The Morgan fingerprint density at radius 3 is 2.25 bits per heavy atom. The van der Waals surface area contributed by atoms with E-state index < -0.39 is 10.0 Å². The van der Waals surface area contributed by atoms with Crippen LogP contribution in [0.15, 0.2) is 35.2 Å². The Balaban J connectivity index is 1.35. The number of aromatic nitrogens is 2. The van der Waals surface area contributed by atoms with E-state index in [-0.39, 0.29) is 16.9 Å². The van der Waals surface area contributed by atoms with Gasteiger partial charge in [-0.05, 0) is 51.0 Å². The average molecular weight is 459 g/mol. The predicted molar refractivity (Wildman–Crippen MR) is 120 cm³/mol. The van der Waals surface area contributed by atoms with Crippen LogP contribution in [0.4, 0.5) is 0 Å². The smallest absolute Gasteiger partial charge is 0.253 e. The van der Waals surface area contributed by atoms with Crippen molar-refractivity contribution in [2.24, 2.45) is 0 Å². The summed E-state index contributed by atoms with van der Waals surface area (Å²) in [6, 6.07) is 8.16. The van der Waals surface area contributed by atoms with Crippen LogP contribution in [0.3, 0.4) is 0 Å². The maximum atomic E-state index is 12.9. The minimum atomic E-state index is -3.49. The van der Waals surface area contributed by atoms with Crippen LogP contribution in [0.5, 0.6) is 5.88 Å². The first kappa shape index (κ1) is 22.7. The maximum Gasteiger partial charge on any atom is 0.253 e. The highest BCUT2D eigenvalue weighted by Crippen LogP contribution is 2.23. The van der Waals surface area contributed by atoms with Crippen LogP contribution in [0, 0.1) is 13.8 Å². The third-order valence-electron chi connectivity index (χ3n) is 6.01. The van der Waals surface area contributed by atoms with E-state index in [9.17, 15) is 13.2 Å². The summed E-state index contributed by atoms with van der Waals surface area (Å²) < 4.78 is 33.2. The molecule has 0 saturated carbocycles. The van der Waals surface area contributed by atoms with E-state index in [2.05, 4.69) is 9.97 Å². The first-order valence-corrected chi connectivity index (χ1v) is 12.7. The Bertz CT molecular complexity index is 1040. The molecule has 172 valence electrons. The fraction of sp³-hybridized carbons (Fsp3) is 0.522. The second kappa shape index (κ2) is 9.54. The number of hydrogen-bond acceptors (Lipinski definition) is 6. The molecular formula is C23H30N4O4S. The molecule has 8 nitrogen and oxygen atoms in total. The minimum absolute atomic E-state index is 0.00446. The number of hydrogen-bond donors (Lipinski definition) is 0. The van der Waals surface area contributed by atoms with Gasteiger partial charge in [0.25, 0.3) is 5.91 Å². The van der Waals surface area contributed by atoms with Gasteiger partial charge >= 0.3 is 0 Å². The Morgan fingerprint density at radius 1 is 0.969 bits per heavy atom. The number of amides is 1. The van der Waals surface area contributed by atoms with Crippen LogP contribution < -0.4 is 4.74 Å². The van der Waals surface area contributed by atoms with Gasteiger partial charge in [0.1, 0.15) is 11.9 Å². The molecule has 1 aromatic carbocycles. The Kier molecular flexibility index (Phi) is 6.76. The molecule has 0 bridgehead atoms. The number of carbonyl (C=O) groups is 1. The molecule has 0 spiro atoms. The summed E-state index contributed by atoms with van der Waals surface area (Å²) in [6.45, 7) is 6.04. The van der Waals surface area contributed by atoms with Crippen molar-refractivity contribution in [3.05, 3.63) is 47.4 Å². The number of likely N-dealkylation sites (tertiary alicyclic amines) is 1. The van der Waals surface area contributed by atoms with Crippen LogP contribution in [0.1, 0.15) is 54.0 Å². The number of aryl methyl sites for hydroxylation is 2. The fourth-order valence-corrected chi connectivity index (χ4v) is 5.81. The van der Waals surface area contributed by atoms with Gasteiger partial charge in [-0.2, -0.15) is 9.29 Å². The van der Waals surface area contributed by atoms with E-state index in [0.717, 1.165) is 37.8 Å². The highest BCUT2D eigenvalue weighted by atomic mass is 32.2. The van der Waals surface area contributed by atoms with Gasteiger partial charge in [0.15, 0.2) is 0 Å². The summed E-state index contributed by atoms with van der Waals surface area (Å²) in [5.41, 5.74) is 1.37. The lowest BCUT2D eigenvalue weighted by Crippen LogP contribution is -2.41. The van der Waals surface area contributed by atoms with Crippen molar-refractivity contribution in [3.63, 3.8) is 0 Å². The first-order chi connectivity index (χ1) is 15.3. The lowest BCUT2D eigenvalue weighted by Gasteiger charge is -2.32. The zero-order valence-electron chi connectivity index (χ0n) is 18.7. The topological polar surface area (TPSA) is 92.7 Å². The van der Waals surface area contributed by atoms with E-state index >= 15 is 0 Å². The fourth-order valence-electron chi connectivity index (χ4n) is 4.30. The molecule has 32 heavy (non-hydrogen) atoms. The second-order valence-corrected chi connectivity index (χ2v) is 10.4. The molecule has 0 unspecified atom stereocenters. The molecule has 2 aromatic rings. The molecule has 1 amide bonds. The zero-order valence-corrected chi connectivity index (χ0v) is 19.5. The summed E-state index contributed by atoms with van der Waals surface area (Å²) >= 11 is 0. The standard InChI is InChI=1S/C23H30N4O4S/c1-17-16-22(25-18(2)24-17)31-20-10-14-26(15-11-20)23(28)19-6-8-21(9-7-19)32(29,30)27-12-4-3-5-13-27/h6-9,16,20H,3-5,10-15H2,1-2H3. The van der Waals surface area contributed by atoms with Crippen molar-refractivity contribution in [2.45, 2.75) is 57.0 Å². The number of benzene rings is 1. The third kappa shape index (κ3) is 5.10. The number of carbonyl (C=O) groups excluding carboxylic acids is 1. The molecule has 2 fully saturated rings. The van der Waals surface area contributed by atoms with Gasteiger partial charge < -0.3 is 9.64 Å². The van der Waals surface area contributed by atoms with Crippen molar-refractivity contribution in [1.82, 2.24) is 19.2 Å². The highest BCUT2D eigenvalue weighted by molar-refractivity contribution is 7.89. The Hall–Kier alpha value is -2.52. The van der Waals surface area contributed by atoms with Crippen LogP contribution in [0.2, 0.25) is 0 Å². The van der Waals surface area contributed by atoms with Crippen LogP contribution in [0.25, 0.3) is 0 Å². The summed E-state index contributed by atoms with van der Waals surface area (Å²) in [5.74, 6) is 1.17. The van der Waals surface area contributed by atoms with Crippen molar-refractivity contribution >= 4 is 15.9 Å². The lowest BCUT2D eigenvalue weighted by molar-refractivity contribution is 0.0587. The second-order valence-electron chi connectivity index (χ2n) is 8.49. The highest BCUT2D eigenvalue weighted by Gasteiger charge is 2.28. The van der Waals surface area contributed by atoms with Crippen LogP contribution >= 0.6 is 0 Å². The van der Waals surface area contributed by atoms with E-state index in [0.29, 0.717) is 43.4 Å². The van der Waals surface area contributed by atoms with Gasteiger partial charge in [-0.25, -0.2) is 13.4 Å². The van der Waals surface area contributed by atoms with Gasteiger partial charge in [-0.15, -0.1) is 0 Å². The molecule has 3 heterocycles. The van der Waals surface area contributed by atoms with E-state index in [1.165, 1.54) is 0 Å². The van der Waals surface area contributed by atoms with E-state index in [1.54, 1.807) is 33.5 Å². The van der Waals surface area contributed by atoms with Crippen molar-refractivity contribution < 1.29 is 17.9 Å².